The van der Waals surface area contributed by atoms with Crippen molar-refractivity contribution in [3.63, 3.8) is 0 Å². The van der Waals surface area contributed by atoms with Crippen LogP contribution in [-0.4, -0.2) is 18.7 Å². The molecule has 3 aromatic rings. The number of hydrogen-bond donors (Lipinski definition) is 1. The van der Waals surface area contributed by atoms with E-state index in [1.165, 1.54) is 0 Å². The third-order valence-corrected chi connectivity index (χ3v) is 4.13. The number of nitrogens with one attached hydrogen (secondary N) is 1. The van der Waals surface area contributed by atoms with Crippen molar-refractivity contribution in [2.45, 2.75) is 0 Å². The van der Waals surface area contributed by atoms with Crippen LogP contribution in [0, 0.1) is 0 Å². The Labute approximate surface area is 160 Å². The summed E-state index contributed by atoms with van der Waals surface area (Å²) in [7, 11) is 0. The van der Waals surface area contributed by atoms with E-state index in [1.54, 1.807) is 6.21 Å². The smallest absolute Gasteiger partial charge is 0.277 e. The molecule has 0 saturated carbocycles. The molecule has 5 heteroatoms. The molecule has 1 amide bonds. The third-order valence-electron chi connectivity index (χ3n) is 3.60. The molecule has 0 bridgehead atoms. The zero-order valence-corrected chi connectivity index (χ0v) is 15.5. The van der Waals surface area contributed by atoms with E-state index in [0.29, 0.717) is 5.75 Å². The van der Waals surface area contributed by atoms with E-state index in [-0.39, 0.29) is 12.5 Å². The number of rotatable bonds is 6. The molecular weight excluding hydrogens is 392 g/mol. The molecule has 0 fully saturated rings. The zero-order valence-electron chi connectivity index (χ0n) is 13.9. The van der Waals surface area contributed by atoms with E-state index in [1.807, 2.05) is 78.9 Å². The standard InChI is InChI=1S/C21H17BrN2O2/c22-18-12-10-16(11-13-18)14-23-24-21(25)15-26-20-9-5-4-8-19(20)17-6-2-1-3-7-17/h1-14H,15H2,(H,24,25). The maximum atomic E-state index is 12.0. The topological polar surface area (TPSA) is 50.7 Å². The number of halogens is 1. The van der Waals surface area contributed by atoms with Crippen LogP contribution in [0.4, 0.5) is 0 Å². The number of hydrazone groups is 1. The predicted molar refractivity (Wildman–Crippen MR) is 107 cm³/mol. The highest BCUT2D eigenvalue weighted by molar-refractivity contribution is 9.10. The first-order valence-corrected chi connectivity index (χ1v) is 8.86. The van der Waals surface area contributed by atoms with E-state index in [0.717, 1.165) is 21.2 Å². The van der Waals surface area contributed by atoms with Crippen LogP contribution in [0.2, 0.25) is 0 Å². The highest BCUT2D eigenvalue weighted by atomic mass is 79.9. The van der Waals surface area contributed by atoms with Crippen molar-refractivity contribution in [2.24, 2.45) is 5.10 Å². The van der Waals surface area contributed by atoms with E-state index < -0.39 is 0 Å². The average Bonchev–Trinajstić information content (AvgIpc) is 2.69. The molecule has 0 unspecified atom stereocenters. The molecule has 0 radical (unpaired) electrons. The van der Waals surface area contributed by atoms with Gasteiger partial charge in [0, 0.05) is 10.0 Å². The van der Waals surface area contributed by atoms with Crippen molar-refractivity contribution >= 4 is 28.1 Å². The van der Waals surface area contributed by atoms with Gasteiger partial charge in [-0.25, -0.2) is 5.43 Å². The highest BCUT2D eigenvalue weighted by Gasteiger charge is 2.07. The first-order valence-electron chi connectivity index (χ1n) is 8.07. The number of hydrogen-bond acceptors (Lipinski definition) is 3. The molecule has 130 valence electrons. The van der Waals surface area contributed by atoms with Gasteiger partial charge < -0.3 is 4.74 Å². The minimum Gasteiger partial charge on any atom is -0.483 e. The number of para-hydroxylation sites is 1. The summed E-state index contributed by atoms with van der Waals surface area (Å²) in [5, 5.41) is 3.94. The van der Waals surface area contributed by atoms with Crippen LogP contribution in [0.3, 0.4) is 0 Å². The van der Waals surface area contributed by atoms with E-state index in [4.69, 9.17) is 4.74 Å². The summed E-state index contributed by atoms with van der Waals surface area (Å²) >= 11 is 3.37. The summed E-state index contributed by atoms with van der Waals surface area (Å²) < 4.78 is 6.67. The Morgan fingerprint density at radius 3 is 2.42 bits per heavy atom. The van der Waals surface area contributed by atoms with Gasteiger partial charge in [-0.1, -0.05) is 76.6 Å². The van der Waals surface area contributed by atoms with Crippen LogP contribution < -0.4 is 10.2 Å². The van der Waals surface area contributed by atoms with Crippen LogP contribution in [-0.2, 0) is 4.79 Å². The lowest BCUT2D eigenvalue weighted by Crippen LogP contribution is -2.24. The Morgan fingerprint density at radius 2 is 1.65 bits per heavy atom. The number of nitrogens with zero attached hydrogens (tertiary/aromatic N) is 1. The fourth-order valence-corrected chi connectivity index (χ4v) is 2.62. The second-order valence-corrected chi connectivity index (χ2v) is 6.41. The van der Waals surface area contributed by atoms with Gasteiger partial charge in [0.15, 0.2) is 6.61 Å². The summed E-state index contributed by atoms with van der Waals surface area (Å²) in [5.41, 5.74) is 5.34. The molecule has 0 aromatic heterocycles. The summed E-state index contributed by atoms with van der Waals surface area (Å²) in [4.78, 5) is 12.0. The summed E-state index contributed by atoms with van der Waals surface area (Å²) in [6, 6.07) is 25.2. The Balaban J connectivity index is 1.57. The minimum atomic E-state index is -0.318. The normalized spacial score (nSPS) is 10.7. The fourth-order valence-electron chi connectivity index (χ4n) is 2.35. The molecule has 0 aliphatic carbocycles. The number of ether oxygens (including phenoxy) is 1. The van der Waals surface area contributed by atoms with Gasteiger partial charge in [-0.2, -0.15) is 5.10 Å². The van der Waals surface area contributed by atoms with Crippen molar-refractivity contribution < 1.29 is 9.53 Å². The number of benzene rings is 3. The van der Waals surface area contributed by atoms with Crippen LogP contribution >= 0.6 is 15.9 Å². The van der Waals surface area contributed by atoms with Gasteiger partial charge in [-0.05, 0) is 29.3 Å². The molecule has 26 heavy (non-hydrogen) atoms. The van der Waals surface area contributed by atoms with Crippen LogP contribution in [0.15, 0.2) is 88.4 Å². The lowest BCUT2D eigenvalue weighted by atomic mass is 10.1. The van der Waals surface area contributed by atoms with Crippen molar-refractivity contribution in [3.05, 3.63) is 88.9 Å². The molecule has 0 saturated heterocycles. The first kappa shape index (κ1) is 17.9. The van der Waals surface area contributed by atoms with Crippen molar-refractivity contribution in [1.82, 2.24) is 5.43 Å². The molecule has 0 aliphatic rings. The van der Waals surface area contributed by atoms with Gasteiger partial charge in [0.1, 0.15) is 5.75 Å². The molecule has 0 aliphatic heterocycles. The van der Waals surface area contributed by atoms with E-state index in [2.05, 4.69) is 26.5 Å². The first-order chi connectivity index (χ1) is 12.7. The van der Waals surface area contributed by atoms with Gasteiger partial charge in [-0.3, -0.25) is 4.79 Å². The molecule has 3 rings (SSSR count). The van der Waals surface area contributed by atoms with Gasteiger partial charge in [0.05, 0.1) is 6.21 Å². The number of carbonyl (C=O) groups excluding carboxylic acids is 1. The van der Waals surface area contributed by atoms with Crippen LogP contribution in [0.5, 0.6) is 5.75 Å². The fraction of sp³-hybridized carbons (Fsp3) is 0.0476. The largest absolute Gasteiger partial charge is 0.483 e. The summed E-state index contributed by atoms with van der Waals surface area (Å²) in [6.45, 7) is -0.110. The quantitative estimate of drug-likeness (QED) is 0.476. The number of amides is 1. The minimum absolute atomic E-state index is 0.110. The van der Waals surface area contributed by atoms with Gasteiger partial charge in [-0.15, -0.1) is 0 Å². The predicted octanol–water partition coefficient (Wildman–Crippen LogP) is 4.65. The zero-order chi connectivity index (χ0) is 18.2. The third kappa shape index (κ3) is 5.04. The van der Waals surface area contributed by atoms with Gasteiger partial charge in [0.2, 0.25) is 0 Å². The SMILES string of the molecule is O=C(COc1ccccc1-c1ccccc1)NN=Cc1ccc(Br)cc1. The maximum absolute atomic E-state index is 12.0. The molecule has 3 aromatic carbocycles. The molecule has 4 nitrogen and oxygen atoms in total. The van der Waals surface area contributed by atoms with Crippen LogP contribution in [0.1, 0.15) is 5.56 Å². The second kappa shape index (κ2) is 8.97. The Bertz CT molecular complexity index is 893. The van der Waals surface area contributed by atoms with E-state index in [9.17, 15) is 4.79 Å². The van der Waals surface area contributed by atoms with Crippen molar-refractivity contribution in [3.8, 4) is 16.9 Å². The van der Waals surface area contributed by atoms with Gasteiger partial charge in [0.25, 0.3) is 5.91 Å². The monoisotopic (exact) mass is 408 g/mol. The number of carbonyl (C=O) groups is 1. The van der Waals surface area contributed by atoms with Crippen molar-refractivity contribution in [1.29, 1.82) is 0 Å². The maximum Gasteiger partial charge on any atom is 0.277 e. The Morgan fingerprint density at radius 1 is 0.962 bits per heavy atom. The average molecular weight is 409 g/mol. The van der Waals surface area contributed by atoms with Crippen LogP contribution in [0.25, 0.3) is 11.1 Å². The lowest BCUT2D eigenvalue weighted by Gasteiger charge is -2.10. The molecule has 0 heterocycles. The second-order valence-electron chi connectivity index (χ2n) is 5.50. The Kier molecular flexibility index (Phi) is 6.17. The molecule has 1 N–H and O–H groups in total. The van der Waals surface area contributed by atoms with E-state index >= 15 is 0 Å². The summed E-state index contributed by atoms with van der Waals surface area (Å²) in [6.07, 6.45) is 1.59. The summed E-state index contributed by atoms with van der Waals surface area (Å²) in [5.74, 6) is 0.340. The molecule has 0 atom stereocenters. The van der Waals surface area contributed by atoms with Crippen molar-refractivity contribution in [2.75, 3.05) is 6.61 Å². The van der Waals surface area contributed by atoms with Gasteiger partial charge >= 0.3 is 0 Å². The molecule has 0 spiro atoms. The Hall–Kier alpha value is -2.92. The molecular formula is C21H17BrN2O2. The highest BCUT2D eigenvalue weighted by Crippen LogP contribution is 2.29. The lowest BCUT2D eigenvalue weighted by molar-refractivity contribution is -0.123.